The lowest BCUT2D eigenvalue weighted by Gasteiger charge is -2.35. The molecule has 0 aromatic rings. The van der Waals surface area contributed by atoms with Crippen LogP contribution < -0.4 is 0 Å². The fraction of sp³-hybridized carbons (Fsp3) is 0.800. The largest absolute Gasteiger partial charge is 0.299 e. The predicted molar refractivity (Wildman–Crippen MR) is 156 cm³/mol. The second-order valence-electron chi connectivity index (χ2n) is 14.2. The van der Waals surface area contributed by atoms with Gasteiger partial charge in [-0.05, 0) is 80.1 Å². The van der Waals surface area contributed by atoms with E-state index < -0.39 is 0 Å². The van der Waals surface area contributed by atoms with Gasteiger partial charge in [0.05, 0.1) is 0 Å². The number of hydrogen-bond acceptors (Lipinski definition) is 3. The van der Waals surface area contributed by atoms with Gasteiger partial charge in [0.1, 0.15) is 17.3 Å². The van der Waals surface area contributed by atoms with E-state index in [1.165, 1.54) is 25.7 Å². The van der Waals surface area contributed by atoms with Crippen molar-refractivity contribution in [3.8, 4) is 0 Å². The van der Waals surface area contributed by atoms with E-state index >= 15 is 0 Å². The minimum absolute atomic E-state index is 0.115. The van der Waals surface area contributed by atoms with E-state index in [1.807, 2.05) is 6.92 Å². The standard InChI is InChI=1S/C35H54O3/c1-7-14-26(23(4)22(2)3)19-31(37)32-28(20-29-33(32)35(29,5)6)34(38)27(24-15-10-8-11-16-24)21-30(36)25-17-12-9-13-18-25/h24-29,32-33H,2,4,7-21H2,1,3,5-6H3. The summed E-state index contributed by atoms with van der Waals surface area (Å²) in [5.41, 5.74) is 2.09. The lowest BCUT2D eigenvalue weighted by Crippen LogP contribution is -2.39. The molecule has 4 rings (SSSR count). The van der Waals surface area contributed by atoms with Crippen LogP contribution in [-0.4, -0.2) is 17.3 Å². The molecule has 4 saturated carbocycles. The molecular formula is C35H54O3. The minimum Gasteiger partial charge on any atom is -0.299 e. The zero-order chi connectivity index (χ0) is 27.6. The first-order chi connectivity index (χ1) is 18.1. The lowest BCUT2D eigenvalue weighted by atomic mass is 9.68. The Kier molecular flexibility index (Phi) is 9.57. The van der Waals surface area contributed by atoms with Gasteiger partial charge in [-0.1, -0.05) is 84.4 Å². The maximum Gasteiger partial charge on any atom is 0.140 e. The predicted octanol–water partition coefficient (Wildman–Crippen LogP) is 8.71. The summed E-state index contributed by atoms with van der Waals surface area (Å²) in [4.78, 5) is 42.0. The molecule has 3 nitrogen and oxygen atoms in total. The maximum absolute atomic E-state index is 14.5. The third-order valence-electron chi connectivity index (χ3n) is 11.4. The highest BCUT2D eigenvalue weighted by Crippen LogP contribution is 2.71. The Labute approximate surface area is 232 Å². The summed E-state index contributed by atoms with van der Waals surface area (Å²) in [5, 5.41) is 0. The van der Waals surface area contributed by atoms with Crippen LogP contribution in [0.25, 0.3) is 0 Å². The van der Waals surface area contributed by atoms with Crippen LogP contribution in [0.2, 0.25) is 0 Å². The molecule has 4 fully saturated rings. The number of carbonyl (C=O) groups excluding carboxylic acids is 3. The molecule has 0 radical (unpaired) electrons. The molecule has 0 aromatic carbocycles. The van der Waals surface area contributed by atoms with E-state index in [4.69, 9.17) is 0 Å². The van der Waals surface area contributed by atoms with Crippen LogP contribution in [0.1, 0.15) is 124 Å². The summed E-state index contributed by atoms with van der Waals surface area (Å²) < 4.78 is 0. The number of allylic oxidation sites excluding steroid dienone is 2. The molecule has 0 saturated heterocycles. The van der Waals surface area contributed by atoms with Gasteiger partial charge in [-0.3, -0.25) is 14.4 Å². The van der Waals surface area contributed by atoms with Crippen LogP contribution >= 0.6 is 0 Å². The van der Waals surface area contributed by atoms with Gasteiger partial charge in [0.15, 0.2) is 0 Å². The fourth-order valence-electron chi connectivity index (χ4n) is 8.93. The van der Waals surface area contributed by atoms with E-state index in [2.05, 4.69) is 33.9 Å². The van der Waals surface area contributed by atoms with E-state index in [9.17, 15) is 14.4 Å². The molecule has 38 heavy (non-hydrogen) atoms. The number of hydrogen-bond donors (Lipinski definition) is 0. The van der Waals surface area contributed by atoms with Gasteiger partial charge in [-0.25, -0.2) is 0 Å². The van der Waals surface area contributed by atoms with Gasteiger partial charge in [0, 0.05) is 36.5 Å². The van der Waals surface area contributed by atoms with Gasteiger partial charge < -0.3 is 0 Å². The van der Waals surface area contributed by atoms with Crippen LogP contribution in [0.15, 0.2) is 24.3 Å². The molecule has 0 bridgehead atoms. The molecule has 0 amide bonds. The highest BCUT2D eigenvalue weighted by atomic mass is 16.1. The maximum atomic E-state index is 14.5. The quantitative estimate of drug-likeness (QED) is 0.227. The van der Waals surface area contributed by atoms with Gasteiger partial charge in [-0.2, -0.15) is 0 Å². The number of carbonyl (C=O) groups is 3. The van der Waals surface area contributed by atoms with Gasteiger partial charge in [0.25, 0.3) is 0 Å². The van der Waals surface area contributed by atoms with E-state index in [0.717, 1.165) is 68.9 Å². The summed E-state index contributed by atoms with van der Waals surface area (Å²) in [6.45, 7) is 17.1. The number of rotatable bonds is 13. The van der Waals surface area contributed by atoms with Gasteiger partial charge in [-0.15, -0.1) is 0 Å². The number of Topliss-reactive ketones (excluding diaryl/α,β-unsaturated/α-hetero) is 3. The van der Waals surface area contributed by atoms with Crippen LogP contribution in [0, 0.1) is 52.8 Å². The molecule has 0 aliphatic heterocycles. The Morgan fingerprint density at radius 2 is 1.47 bits per heavy atom. The van der Waals surface area contributed by atoms with E-state index in [1.54, 1.807) is 0 Å². The summed E-state index contributed by atoms with van der Waals surface area (Å²) >= 11 is 0. The summed E-state index contributed by atoms with van der Waals surface area (Å²) in [5.74, 6) is 1.67. The second kappa shape index (κ2) is 12.3. The van der Waals surface area contributed by atoms with Crippen LogP contribution in [0.3, 0.4) is 0 Å². The average Bonchev–Trinajstić information content (AvgIpc) is 3.24. The van der Waals surface area contributed by atoms with Crippen LogP contribution in [0.4, 0.5) is 0 Å². The minimum atomic E-state index is -0.197. The monoisotopic (exact) mass is 522 g/mol. The van der Waals surface area contributed by atoms with Gasteiger partial charge in [0.2, 0.25) is 0 Å². The zero-order valence-corrected chi connectivity index (χ0v) is 24.9. The normalized spacial score (nSPS) is 30.7. The third kappa shape index (κ3) is 6.12. The summed E-state index contributed by atoms with van der Waals surface area (Å²) in [6, 6.07) is 0. The molecule has 0 heterocycles. The van der Waals surface area contributed by atoms with Crippen molar-refractivity contribution >= 4 is 17.3 Å². The lowest BCUT2D eigenvalue weighted by molar-refractivity contribution is -0.139. The Bertz CT molecular complexity index is 913. The molecule has 0 aromatic heterocycles. The van der Waals surface area contributed by atoms with Gasteiger partial charge >= 0.3 is 0 Å². The Morgan fingerprint density at radius 3 is 2.05 bits per heavy atom. The van der Waals surface area contributed by atoms with Crippen molar-refractivity contribution in [3.05, 3.63) is 24.3 Å². The molecule has 3 heteroatoms. The SMILES string of the molecule is C=C(C)C(=C)C(CCC)CC(=O)C1C(C(=O)C(CC(=O)C2CCCCC2)C2CCCCC2)CC2C1C2(C)C. The fourth-order valence-corrected chi connectivity index (χ4v) is 8.93. The van der Waals surface area contributed by atoms with E-state index in [-0.39, 0.29) is 46.6 Å². The van der Waals surface area contributed by atoms with Crippen molar-refractivity contribution in [1.82, 2.24) is 0 Å². The average molecular weight is 523 g/mol. The van der Waals surface area contributed by atoms with Crippen molar-refractivity contribution in [2.24, 2.45) is 52.8 Å². The first-order valence-corrected chi connectivity index (χ1v) is 16.0. The molecule has 4 aliphatic carbocycles. The van der Waals surface area contributed by atoms with E-state index in [0.29, 0.717) is 36.4 Å². The summed E-state index contributed by atoms with van der Waals surface area (Å²) in [6.07, 6.45) is 14.9. The first kappa shape index (κ1) is 29.5. The Hall–Kier alpha value is -1.51. The molecule has 0 N–H and O–H groups in total. The van der Waals surface area contributed by atoms with Crippen molar-refractivity contribution in [1.29, 1.82) is 0 Å². The number of fused-ring (bicyclic) bond motifs is 1. The van der Waals surface area contributed by atoms with Crippen LogP contribution in [0.5, 0.6) is 0 Å². The molecule has 0 spiro atoms. The Balaban J connectivity index is 1.55. The third-order valence-corrected chi connectivity index (χ3v) is 11.4. The topological polar surface area (TPSA) is 51.2 Å². The highest BCUT2D eigenvalue weighted by Gasteiger charge is 2.69. The van der Waals surface area contributed by atoms with Crippen molar-refractivity contribution in [2.45, 2.75) is 124 Å². The molecule has 212 valence electrons. The molecule has 4 aliphatic rings. The smallest absolute Gasteiger partial charge is 0.140 e. The molecule has 6 unspecified atom stereocenters. The zero-order valence-electron chi connectivity index (χ0n) is 24.9. The highest BCUT2D eigenvalue weighted by molar-refractivity contribution is 5.95. The molecule has 6 atom stereocenters. The Morgan fingerprint density at radius 1 is 0.868 bits per heavy atom. The first-order valence-electron chi connectivity index (χ1n) is 16.0. The number of ketones is 3. The van der Waals surface area contributed by atoms with Crippen molar-refractivity contribution in [2.75, 3.05) is 0 Å². The van der Waals surface area contributed by atoms with Crippen molar-refractivity contribution < 1.29 is 14.4 Å². The second-order valence-corrected chi connectivity index (χ2v) is 14.2. The van der Waals surface area contributed by atoms with Crippen LogP contribution in [-0.2, 0) is 14.4 Å². The molecular weight excluding hydrogens is 468 g/mol. The van der Waals surface area contributed by atoms with Crippen molar-refractivity contribution in [3.63, 3.8) is 0 Å². The summed E-state index contributed by atoms with van der Waals surface area (Å²) in [7, 11) is 0.